The number of benzene rings is 1. The highest BCUT2D eigenvalue weighted by molar-refractivity contribution is 14.0. The van der Waals surface area contributed by atoms with Gasteiger partial charge >= 0.3 is 0 Å². The van der Waals surface area contributed by atoms with Crippen molar-refractivity contribution in [1.82, 2.24) is 15.1 Å². The first-order valence-electron chi connectivity index (χ1n) is 10.2. The molecule has 0 saturated carbocycles. The number of nitrogens with one attached hydrogen (secondary N) is 1. The van der Waals surface area contributed by atoms with Crippen molar-refractivity contribution in [2.75, 3.05) is 59.6 Å². The molecule has 2 unspecified atom stereocenters. The van der Waals surface area contributed by atoms with Crippen molar-refractivity contribution in [3.63, 3.8) is 0 Å². The second-order valence-corrected chi connectivity index (χ2v) is 7.29. The molecule has 2 atom stereocenters. The third-order valence-corrected chi connectivity index (χ3v) is 5.48. The molecule has 7 heteroatoms. The van der Waals surface area contributed by atoms with Gasteiger partial charge in [-0.3, -0.25) is 9.89 Å². The molecule has 0 spiro atoms. The third kappa shape index (κ3) is 6.86. The summed E-state index contributed by atoms with van der Waals surface area (Å²) in [6.45, 7) is 9.71. The number of likely N-dealkylation sites (tertiary alicyclic amines) is 1. The smallest absolute Gasteiger partial charge is 0.193 e. The summed E-state index contributed by atoms with van der Waals surface area (Å²) in [6.07, 6.45) is 2.31. The summed E-state index contributed by atoms with van der Waals surface area (Å²) >= 11 is 0. The molecular weight excluding hydrogens is 467 g/mol. The summed E-state index contributed by atoms with van der Waals surface area (Å²) in [4.78, 5) is 9.42. The molecule has 0 bridgehead atoms. The lowest BCUT2D eigenvalue weighted by Gasteiger charge is -2.32. The molecule has 28 heavy (non-hydrogen) atoms. The monoisotopic (exact) mass is 502 g/mol. The normalized spacial score (nSPS) is 22.0. The van der Waals surface area contributed by atoms with Gasteiger partial charge in [0, 0.05) is 52.4 Å². The zero-order chi connectivity index (χ0) is 18.9. The van der Waals surface area contributed by atoms with Crippen molar-refractivity contribution >= 4 is 29.9 Å². The highest BCUT2D eigenvalue weighted by atomic mass is 127. The van der Waals surface area contributed by atoms with Gasteiger partial charge in [-0.25, -0.2) is 0 Å². The minimum absolute atomic E-state index is 0. The van der Waals surface area contributed by atoms with Crippen LogP contribution in [0.1, 0.15) is 31.4 Å². The molecule has 2 aliphatic heterocycles. The van der Waals surface area contributed by atoms with Crippen LogP contribution in [0.15, 0.2) is 35.3 Å². The van der Waals surface area contributed by atoms with E-state index in [1.165, 1.54) is 12.0 Å². The van der Waals surface area contributed by atoms with Crippen LogP contribution >= 0.6 is 24.0 Å². The first-order valence-corrected chi connectivity index (χ1v) is 10.2. The molecule has 2 heterocycles. The van der Waals surface area contributed by atoms with Gasteiger partial charge in [0.05, 0.1) is 19.3 Å². The number of hydrogen-bond acceptors (Lipinski definition) is 4. The summed E-state index contributed by atoms with van der Waals surface area (Å²) in [5.41, 5.74) is 1.23. The Hall–Kier alpha value is -0.900. The highest BCUT2D eigenvalue weighted by Gasteiger charge is 2.30. The highest BCUT2D eigenvalue weighted by Crippen LogP contribution is 2.17. The number of ether oxygens (including phenoxy) is 2. The minimum Gasteiger partial charge on any atom is -0.379 e. The average Bonchev–Trinajstić information content (AvgIpc) is 3.22. The first-order chi connectivity index (χ1) is 13.3. The number of halogens is 1. The van der Waals surface area contributed by atoms with Gasteiger partial charge in [-0.1, -0.05) is 30.3 Å². The number of aliphatic imine (C=N–C) groups is 1. The zero-order valence-corrected chi connectivity index (χ0v) is 19.5. The minimum atomic E-state index is 0. The summed E-state index contributed by atoms with van der Waals surface area (Å²) in [6, 6.07) is 11.0. The third-order valence-electron chi connectivity index (χ3n) is 5.48. The molecule has 3 rings (SSSR count). The molecule has 2 fully saturated rings. The van der Waals surface area contributed by atoms with E-state index in [4.69, 9.17) is 9.47 Å². The number of guanidine groups is 1. The second-order valence-electron chi connectivity index (χ2n) is 7.29. The van der Waals surface area contributed by atoms with Crippen molar-refractivity contribution in [1.29, 1.82) is 0 Å². The van der Waals surface area contributed by atoms with E-state index in [1.807, 2.05) is 13.1 Å². The quantitative estimate of drug-likeness (QED) is 0.269. The maximum absolute atomic E-state index is 5.95. The Morgan fingerprint density at radius 3 is 2.71 bits per heavy atom. The van der Waals surface area contributed by atoms with Crippen LogP contribution in [-0.2, 0) is 9.47 Å². The van der Waals surface area contributed by atoms with E-state index in [2.05, 4.69) is 51.3 Å². The van der Waals surface area contributed by atoms with E-state index >= 15 is 0 Å². The van der Waals surface area contributed by atoms with Crippen molar-refractivity contribution in [3.8, 4) is 0 Å². The van der Waals surface area contributed by atoms with E-state index in [9.17, 15) is 0 Å². The lowest BCUT2D eigenvalue weighted by molar-refractivity contribution is 0.0195. The molecule has 0 aliphatic carbocycles. The van der Waals surface area contributed by atoms with Crippen molar-refractivity contribution in [3.05, 3.63) is 35.9 Å². The molecule has 1 aromatic carbocycles. The summed E-state index contributed by atoms with van der Waals surface area (Å²) in [5.74, 6) is 1.02. The summed E-state index contributed by atoms with van der Waals surface area (Å²) in [7, 11) is 1.87. The van der Waals surface area contributed by atoms with Gasteiger partial charge in [-0.05, 0) is 25.3 Å². The molecule has 2 aliphatic rings. The van der Waals surface area contributed by atoms with Crippen LogP contribution in [-0.4, -0.2) is 81.4 Å². The fourth-order valence-electron chi connectivity index (χ4n) is 3.86. The number of rotatable bonds is 7. The van der Waals surface area contributed by atoms with Crippen molar-refractivity contribution in [2.45, 2.75) is 31.9 Å². The molecular formula is C21H35IN4O2. The van der Waals surface area contributed by atoms with Gasteiger partial charge in [0.15, 0.2) is 5.96 Å². The lowest BCUT2D eigenvalue weighted by atomic mass is 10.1. The largest absolute Gasteiger partial charge is 0.379 e. The molecule has 0 radical (unpaired) electrons. The van der Waals surface area contributed by atoms with Gasteiger partial charge in [0.2, 0.25) is 0 Å². The first kappa shape index (κ1) is 23.4. The van der Waals surface area contributed by atoms with Gasteiger partial charge in [-0.15, -0.1) is 24.0 Å². The topological polar surface area (TPSA) is 49.3 Å². The predicted molar refractivity (Wildman–Crippen MR) is 125 cm³/mol. The van der Waals surface area contributed by atoms with Gasteiger partial charge < -0.3 is 19.7 Å². The van der Waals surface area contributed by atoms with E-state index in [-0.39, 0.29) is 30.1 Å². The van der Waals surface area contributed by atoms with E-state index in [1.54, 1.807) is 0 Å². The van der Waals surface area contributed by atoms with Crippen LogP contribution in [0.3, 0.4) is 0 Å². The Kier molecular flexibility index (Phi) is 10.5. The lowest BCUT2D eigenvalue weighted by Crippen LogP contribution is -2.46. The van der Waals surface area contributed by atoms with Crippen LogP contribution < -0.4 is 5.32 Å². The van der Waals surface area contributed by atoms with Crippen LogP contribution in [0.2, 0.25) is 0 Å². The van der Waals surface area contributed by atoms with E-state index in [0.717, 1.165) is 64.9 Å². The fourth-order valence-corrected chi connectivity index (χ4v) is 3.86. The molecule has 2 saturated heterocycles. The Balaban J connectivity index is 0.00000280. The maximum atomic E-state index is 5.95. The summed E-state index contributed by atoms with van der Waals surface area (Å²) < 4.78 is 11.4. The molecule has 158 valence electrons. The van der Waals surface area contributed by atoms with E-state index < -0.39 is 0 Å². The van der Waals surface area contributed by atoms with Crippen LogP contribution in [0.4, 0.5) is 0 Å². The van der Waals surface area contributed by atoms with Crippen molar-refractivity contribution < 1.29 is 9.47 Å². The van der Waals surface area contributed by atoms with Gasteiger partial charge in [-0.2, -0.15) is 0 Å². The van der Waals surface area contributed by atoms with Gasteiger partial charge in [0.1, 0.15) is 0 Å². The molecule has 6 nitrogen and oxygen atoms in total. The standard InChI is InChI=1S/C21H34N4O2.HI/c1-18(19-7-4-3-5-8-19)27-14-6-10-23-21(22-2)25-11-9-20(17-25)24-12-15-26-16-13-24;/h3-5,7-8,18,20H,6,9-17H2,1-2H3,(H,22,23);1H. The van der Waals surface area contributed by atoms with Crippen LogP contribution in [0, 0.1) is 0 Å². The zero-order valence-electron chi connectivity index (χ0n) is 17.2. The van der Waals surface area contributed by atoms with E-state index in [0.29, 0.717) is 6.04 Å². The maximum Gasteiger partial charge on any atom is 0.193 e. The molecule has 1 aromatic rings. The Bertz CT molecular complexity index is 581. The summed E-state index contributed by atoms with van der Waals surface area (Å²) in [5, 5.41) is 3.50. The molecule has 0 amide bonds. The average molecular weight is 502 g/mol. The Labute approximate surface area is 186 Å². The SMILES string of the molecule is CN=C(NCCCOC(C)c1ccccc1)N1CCC(N2CCOCC2)C1.I. The fraction of sp³-hybridized carbons (Fsp3) is 0.667. The Morgan fingerprint density at radius 2 is 2.00 bits per heavy atom. The van der Waals surface area contributed by atoms with Crippen LogP contribution in [0.5, 0.6) is 0 Å². The van der Waals surface area contributed by atoms with Gasteiger partial charge in [0.25, 0.3) is 0 Å². The second kappa shape index (κ2) is 12.6. The van der Waals surface area contributed by atoms with Crippen LogP contribution in [0.25, 0.3) is 0 Å². The number of morpholine rings is 1. The molecule has 0 aromatic heterocycles. The number of nitrogens with zero attached hydrogens (tertiary/aromatic N) is 3. The number of hydrogen-bond donors (Lipinski definition) is 1. The Morgan fingerprint density at radius 1 is 1.25 bits per heavy atom. The predicted octanol–water partition coefficient (Wildman–Crippen LogP) is 2.75. The van der Waals surface area contributed by atoms with Crippen molar-refractivity contribution in [2.24, 2.45) is 4.99 Å². The molecule has 1 N–H and O–H groups in total.